The summed E-state index contributed by atoms with van der Waals surface area (Å²) >= 11 is 1.52. The topological polar surface area (TPSA) is 64.9 Å². The summed E-state index contributed by atoms with van der Waals surface area (Å²) in [5, 5.41) is 6.01. The van der Waals surface area contributed by atoms with Crippen LogP contribution in [-0.4, -0.2) is 10.1 Å². The molecule has 2 heterocycles. The summed E-state index contributed by atoms with van der Waals surface area (Å²) in [5.41, 5.74) is 9.85. The molecule has 0 unspecified atom stereocenters. The van der Waals surface area contributed by atoms with Crippen molar-refractivity contribution in [1.82, 2.24) is 10.1 Å². The summed E-state index contributed by atoms with van der Waals surface area (Å²) in [5.74, 6) is 1.07. The van der Waals surface area contributed by atoms with E-state index in [0.29, 0.717) is 17.4 Å². The number of rotatable bonds is 2. The van der Waals surface area contributed by atoms with Crippen LogP contribution in [0.1, 0.15) is 11.1 Å². The smallest absolute Gasteiger partial charge is 0.270 e. The minimum Gasteiger partial charge on any atom is -0.397 e. The average Bonchev–Trinajstić information content (AvgIpc) is 2.98. The van der Waals surface area contributed by atoms with Crippen LogP contribution in [0.3, 0.4) is 0 Å². The highest BCUT2D eigenvalue weighted by atomic mass is 32.1. The zero-order valence-corrected chi connectivity index (χ0v) is 11.5. The summed E-state index contributed by atoms with van der Waals surface area (Å²) in [6.07, 6.45) is 0. The first-order chi connectivity index (χ1) is 9.15. The zero-order chi connectivity index (χ0) is 13.4. The molecule has 3 rings (SSSR count). The summed E-state index contributed by atoms with van der Waals surface area (Å²) < 4.78 is 5.31. The number of nitrogens with two attached hydrogens (primary N) is 1. The second-order valence-electron chi connectivity index (χ2n) is 4.45. The van der Waals surface area contributed by atoms with Crippen molar-refractivity contribution in [2.24, 2.45) is 0 Å². The number of hydrogen-bond acceptors (Lipinski definition) is 5. The standard InChI is InChI=1S/C14H13N3OS/c1-8-4-3-5-10(6-8)13-16-14(18-17-13)12-11(15)9(2)7-19-12/h3-7H,15H2,1-2H3. The van der Waals surface area contributed by atoms with Crippen molar-refractivity contribution in [3.8, 4) is 22.2 Å². The molecule has 2 aromatic heterocycles. The van der Waals surface area contributed by atoms with Crippen molar-refractivity contribution in [3.05, 3.63) is 40.8 Å². The van der Waals surface area contributed by atoms with Crippen LogP contribution in [0.2, 0.25) is 0 Å². The van der Waals surface area contributed by atoms with Gasteiger partial charge >= 0.3 is 0 Å². The largest absolute Gasteiger partial charge is 0.397 e. The van der Waals surface area contributed by atoms with Crippen molar-refractivity contribution in [2.45, 2.75) is 13.8 Å². The highest BCUT2D eigenvalue weighted by Crippen LogP contribution is 2.34. The summed E-state index contributed by atoms with van der Waals surface area (Å²) in [7, 11) is 0. The Bertz CT molecular complexity index is 730. The van der Waals surface area contributed by atoms with Crippen molar-refractivity contribution >= 4 is 17.0 Å². The Balaban J connectivity index is 2.02. The van der Waals surface area contributed by atoms with E-state index in [-0.39, 0.29) is 0 Å². The van der Waals surface area contributed by atoms with Gasteiger partial charge < -0.3 is 10.3 Å². The molecule has 0 atom stereocenters. The lowest BCUT2D eigenvalue weighted by molar-refractivity contribution is 0.433. The maximum absolute atomic E-state index is 5.99. The van der Waals surface area contributed by atoms with Crippen LogP contribution in [-0.2, 0) is 0 Å². The van der Waals surface area contributed by atoms with Crippen LogP contribution in [0.25, 0.3) is 22.2 Å². The Morgan fingerprint density at radius 1 is 1.26 bits per heavy atom. The van der Waals surface area contributed by atoms with Gasteiger partial charge in [0.25, 0.3) is 5.89 Å². The average molecular weight is 271 g/mol. The third kappa shape index (κ3) is 2.13. The Morgan fingerprint density at radius 3 is 2.79 bits per heavy atom. The Kier molecular flexibility index (Phi) is 2.83. The molecule has 3 aromatic rings. The molecule has 2 N–H and O–H groups in total. The molecular weight excluding hydrogens is 258 g/mol. The van der Waals surface area contributed by atoms with E-state index in [1.807, 2.05) is 43.5 Å². The highest BCUT2D eigenvalue weighted by Gasteiger charge is 2.15. The Labute approximate surface area is 114 Å². The number of hydrogen-bond donors (Lipinski definition) is 1. The second-order valence-corrected chi connectivity index (χ2v) is 5.33. The molecule has 1 aromatic carbocycles. The second kappa shape index (κ2) is 4.51. The predicted molar refractivity (Wildman–Crippen MR) is 76.9 cm³/mol. The molecule has 0 amide bonds. The van der Waals surface area contributed by atoms with Crippen LogP contribution in [0.15, 0.2) is 34.2 Å². The van der Waals surface area contributed by atoms with Crippen LogP contribution < -0.4 is 5.73 Å². The number of benzene rings is 1. The van der Waals surface area contributed by atoms with Gasteiger partial charge in [0.05, 0.1) is 5.69 Å². The summed E-state index contributed by atoms with van der Waals surface area (Å²) in [6.45, 7) is 4.00. The van der Waals surface area contributed by atoms with Gasteiger partial charge in [-0.15, -0.1) is 11.3 Å². The van der Waals surface area contributed by atoms with E-state index >= 15 is 0 Å². The van der Waals surface area contributed by atoms with Gasteiger partial charge in [0.15, 0.2) is 0 Å². The Hall–Kier alpha value is -2.14. The maximum Gasteiger partial charge on any atom is 0.270 e. The predicted octanol–water partition coefficient (Wildman–Crippen LogP) is 3.66. The zero-order valence-electron chi connectivity index (χ0n) is 10.7. The van der Waals surface area contributed by atoms with Crippen molar-refractivity contribution in [1.29, 1.82) is 0 Å². The molecule has 0 saturated carbocycles. The molecule has 5 heteroatoms. The first kappa shape index (κ1) is 11.9. The monoisotopic (exact) mass is 271 g/mol. The normalized spacial score (nSPS) is 10.8. The minimum absolute atomic E-state index is 0.479. The van der Waals surface area contributed by atoms with E-state index in [2.05, 4.69) is 10.1 Å². The van der Waals surface area contributed by atoms with Gasteiger partial charge in [-0.25, -0.2) is 0 Å². The van der Waals surface area contributed by atoms with Crippen molar-refractivity contribution < 1.29 is 4.52 Å². The molecule has 0 saturated heterocycles. The highest BCUT2D eigenvalue weighted by molar-refractivity contribution is 7.14. The van der Waals surface area contributed by atoms with E-state index in [4.69, 9.17) is 10.3 Å². The van der Waals surface area contributed by atoms with Crippen LogP contribution >= 0.6 is 11.3 Å². The molecular formula is C14H13N3OS. The molecule has 0 aliphatic carbocycles. The molecule has 96 valence electrons. The lowest BCUT2D eigenvalue weighted by atomic mass is 10.1. The molecule has 19 heavy (non-hydrogen) atoms. The number of nitrogens with zero attached hydrogens (tertiary/aromatic N) is 2. The van der Waals surface area contributed by atoms with Crippen LogP contribution in [0.4, 0.5) is 5.69 Å². The van der Waals surface area contributed by atoms with E-state index in [1.165, 1.54) is 11.3 Å². The van der Waals surface area contributed by atoms with Gasteiger partial charge in [-0.1, -0.05) is 28.9 Å². The van der Waals surface area contributed by atoms with E-state index < -0.39 is 0 Å². The summed E-state index contributed by atoms with van der Waals surface area (Å²) in [4.78, 5) is 5.26. The third-order valence-corrected chi connectivity index (χ3v) is 4.02. The van der Waals surface area contributed by atoms with Gasteiger partial charge in [-0.3, -0.25) is 0 Å². The van der Waals surface area contributed by atoms with Gasteiger partial charge in [-0.2, -0.15) is 4.98 Å². The van der Waals surface area contributed by atoms with Crippen molar-refractivity contribution in [2.75, 3.05) is 5.73 Å². The van der Waals surface area contributed by atoms with Gasteiger partial charge in [0, 0.05) is 5.56 Å². The minimum atomic E-state index is 0.479. The van der Waals surface area contributed by atoms with Gasteiger partial charge in [0.1, 0.15) is 4.88 Å². The van der Waals surface area contributed by atoms with Crippen LogP contribution in [0.5, 0.6) is 0 Å². The quantitative estimate of drug-likeness (QED) is 0.772. The van der Waals surface area contributed by atoms with E-state index in [1.54, 1.807) is 0 Å². The number of thiophene rings is 1. The molecule has 0 bridgehead atoms. The molecule has 0 aliphatic rings. The number of aromatic nitrogens is 2. The molecule has 0 aliphatic heterocycles. The van der Waals surface area contributed by atoms with Gasteiger partial charge in [-0.05, 0) is 30.9 Å². The Morgan fingerprint density at radius 2 is 2.11 bits per heavy atom. The third-order valence-electron chi connectivity index (χ3n) is 2.92. The fraction of sp³-hybridized carbons (Fsp3) is 0.143. The number of anilines is 1. The molecule has 4 nitrogen and oxygen atoms in total. The molecule has 0 spiro atoms. The number of aryl methyl sites for hydroxylation is 2. The summed E-state index contributed by atoms with van der Waals surface area (Å²) in [6, 6.07) is 8.00. The first-order valence-corrected chi connectivity index (χ1v) is 6.78. The fourth-order valence-corrected chi connectivity index (χ4v) is 2.73. The molecule has 0 radical (unpaired) electrons. The van der Waals surface area contributed by atoms with Crippen molar-refractivity contribution in [3.63, 3.8) is 0 Å². The van der Waals surface area contributed by atoms with E-state index in [0.717, 1.165) is 21.6 Å². The SMILES string of the molecule is Cc1cccc(-c2noc(-c3scc(C)c3N)n2)c1. The molecule has 0 fully saturated rings. The van der Waals surface area contributed by atoms with Crippen LogP contribution in [0, 0.1) is 13.8 Å². The lowest BCUT2D eigenvalue weighted by Gasteiger charge is -1.95. The van der Waals surface area contributed by atoms with E-state index in [9.17, 15) is 0 Å². The maximum atomic E-state index is 5.99. The fourth-order valence-electron chi connectivity index (χ4n) is 1.84. The lowest BCUT2D eigenvalue weighted by Crippen LogP contribution is -1.87. The first-order valence-electron chi connectivity index (χ1n) is 5.90. The van der Waals surface area contributed by atoms with Gasteiger partial charge in [0.2, 0.25) is 5.82 Å². The number of nitrogen functional groups attached to an aromatic ring is 1.